The molecule has 12 aromatic rings. The number of aryl methyl sites for hydroxylation is 3. The number of fused-ring (bicyclic) bond motifs is 3. The minimum atomic E-state index is -0.300. The van der Waals surface area contributed by atoms with Gasteiger partial charge >= 0.3 is 18.1 Å². The van der Waals surface area contributed by atoms with Crippen LogP contribution >= 0.6 is 34.8 Å². The predicted octanol–water partition coefficient (Wildman–Crippen LogP) is 18.5. The highest BCUT2D eigenvalue weighted by Gasteiger charge is 2.41. The van der Waals surface area contributed by atoms with Gasteiger partial charge in [-0.25, -0.2) is 73.9 Å². The van der Waals surface area contributed by atoms with Crippen molar-refractivity contribution < 1.29 is 38.1 Å². The summed E-state index contributed by atoms with van der Waals surface area (Å²) in [5, 5.41) is 1.49. The third-order valence-electron chi connectivity index (χ3n) is 24.5. The molecule has 27 nitrogen and oxygen atoms in total. The second kappa shape index (κ2) is 39.8. The Kier molecular flexibility index (Phi) is 27.7. The summed E-state index contributed by atoms with van der Waals surface area (Å²) in [6.07, 6.45) is 16.2. The van der Waals surface area contributed by atoms with E-state index in [4.69, 9.17) is 88.4 Å². The Bertz CT molecular complexity index is 5940. The molecular weight excluding hydrogens is 1680 g/mol. The zero-order chi connectivity index (χ0) is 89.4. The number of likely N-dealkylation sites (tertiary alicyclic amines) is 2. The molecule has 6 amide bonds. The zero-order valence-corrected chi connectivity index (χ0v) is 76.2. The number of hydrogen-bond donors (Lipinski definition) is 0. The van der Waals surface area contributed by atoms with Crippen LogP contribution in [0.2, 0.25) is 15.1 Å². The molecule has 0 spiro atoms. The number of piperazine rings is 1. The first-order valence-electron chi connectivity index (χ1n) is 43.0. The number of aromatic nitrogens is 9. The van der Waals surface area contributed by atoms with Gasteiger partial charge in [-0.15, -0.1) is 0 Å². The Hall–Kier alpha value is -12.5. The monoisotopic (exact) mass is 1780 g/mol. The van der Waals surface area contributed by atoms with E-state index < -0.39 is 0 Å². The average molecular weight is 1780 g/mol. The predicted molar refractivity (Wildman–Crippen MR) is 501 cm³/mol. The highest BCUT2D eigenvalue weighted by molar-refractivity contribution is 6.35. The number of hydrogen-bond acceptors (Lipinski definition) is 21. The van der Waals surface area contributed by atoms with E-state index in [2.05, 4.69) is 116 Å². The van der Waals surface area contributed by atoms with Crippen LogP contribution < -0.4 is 53.1 Å². The van der Waals surface area contributed by atoms with E-state index in [1.165, 1.54) is 31.4 Å². The molecule has 3 saturated heterocycles. The molecule has 6 aromatic carbocycles. The van der Waals surface area contributed by atoms with Gasteiger partial charge in [0.2, 0.25) is 0 Å². The van der Waals surface area contributed by atoms with Gasteiger partial charge in [-0.05, 0) is 217 Å². The lowest BCUT2D eigenvalue weighted by molar-refractivity contribution is 0.148. The van der Waals surface area contributed by atoms with Gasteiger partial charge in [-0.3, -0.25) is 19.6 Å². The van der Waals surface area contributed by atoms with Crippen LogP contribution in [0.4, 0.5) is 66.4 Å². The number of pyridine rings is 3. The molecule has 6 aromatic heterocycles. The number of ether oxygens (including phenoxy) is 5. The summed E-state index contributed by atoms with van der Waals surface area (Å²) in [4.78, 5) is 104. The van der Waals surface area contributed by atoms with Gasteiger partial charge in [-0.1, -0.05) is 120 Å². The summed E-state index contributed by atoms with van der Waals surface area (Å²) in [5.41, 5.74) is 14.0. The highest BCUT2D eigenvalue weighted by Crippen LogP contribution is 2.45. The topological polar surface area (TPSA) is 246 Å². The van der Waals surface area contributed by atoms with E-state index in [1.54, 1.807) is 136 Å². The van der Waals surface area contributed by atoms with Crippen molar-refractivity contribution in [1.29, 1.82) is 0 Å². The maximum Gasteiger partial charge on any atom is 0.336 e. The Labute approximate surface area is 761 Å². The van der Waals surface area contributed by atoms with Gasteiger partial charge in [0.15, 0.2) is 17.5 Å². The van der Waals surface area contributed by atoms with Gasteiger partial charge in [0.1, 0.15) is 63.7 Å². The van der Waals surface area contributed by atoms with Gasteiger partial charge < -0.3 is 38.4 Å². The number of carbonyl (C=O) groups excluding carboxylic acids is 3. The van der Waals surface area contributed by atoms with Crippen molar-refractivity contribution in [1.82, 2.24) is 64.5 Å². The first-order chi connectivity index (χ1) is 62.1. The van der Waals surface area contributed by atoms with E-state index in [9.17, 15) is 14.4 Å². The lowest BCUT2D eigenvalue weighted by Gasteiger charge is -2.36. The smallest absolute Gasteiger partial charge is 0.336 e. The summed E-state index contributed by atoms with van der Waals surface area (Å²) in [6.45, 7) is 16.4. The van der Waals surface area contributed by atoms with Crippen molar-refractivity contribution in [2.75, 3.05) is 138 Å². The number of carbonyl (C=O) groups is 3. The minimum Gasteiger partial charge on any atom is -0.496 e. The molecule has 0 N–H and O–H groups in total. The van der Waals surface area contributed by atoms with E-state index in [0.29, 0.717) is 139 Å². The molecule has 128 heavy (non-hydrogen) atoms. The summed E-state index contributed by atoms with van der Waals surface area (Å²) < 4.78 is 27.5. The summed E-state index contributed by atoms with van der Waals surface area (Å²) in [6, 6.07) is 48.0. The normalized spacial score (nSPS) is 15.9. The number of nitrogens with zero attached hydrogens (tertiary/aromatic N) is 19. The molecule has 12 heterocycles. The molecule has 0 radical (unpaired) electrons. The third-order valence-corrected chi connectivity index (χ3v) is 25.5. The standard InChI is InChI=1S/2C33H35ClN6O3.C32H34ClN7O2/c1-21-6-5-7-27(34)31(21)39-20-24-18-35-29(37-32(24)40(33(39)41)30-11-9-25(42-3)19-36-30)17-22-8-10-26(28(16-22)43-4)23-12-14-38(2)15-13-23;1-21-6-5-7-27(34)31(21)39-20-25-18-35-29(37-32(25)40(33(39)41)30-11-10-26(42-3)19-36-30)17-24-9-8-23(16-28(24)43-4)22-12-14-38(2)15-13-22;1-22-5-4-6-27(33)30(22)39-21-25-18-34-28(36-31(25)40(32(39)41)29-12-11-26(42-3)19-35-29)17-23-7-9-24(10-8-23)20-38-15-13-37(2)14-16-38/h5-11,16,18-19,23H,12-15,17,20H2,1-4H3;5-11,16,18-19,22H,12-15,17,20H2,1-4H3;4-12,18-19H,13-17,20-21H2,1-3H3. The number of anilines is 9. The van der Waals surface area contributed by atoms with Crippen LogP contribution in [0.3, 0.4) is 0 Å². The van der Waals surface area contributed by atoms with E-state index in [1.807, 2.05) is 63.4 Å². The number of likely N-dealkylation sites (N-methyl/N-ethyl adjacent to an activating group) is 1. The van der Waals surface area contributed by atoms with Crippen molar-refractivity contribution in [2.45, 2.75) is 104 Å². The number of urea groups is 3. The highest BCUT2D eigenvalue weighted by atomic mass is 35.5. The quantitative estimate of drug-likeness (QED) is 0.0649. The summed E-state index contributed by atoms with van der Waals surface area (Å²) >= 11 is 19.8. The molecule has 660 valence electrons. The van der Waals surface area contributed by atoms with Crippen LogP contribution in [0.5, 0.6) is 28.7 Å². The first kappa shape index (κ1) is 88.9. The zero-order valence-electron chi connectivity index (χ0n) is 73.9. The minimum absolute atomic E-state index is 0.278. The number of benzene rings is 6. The fourth-order valence-corrected chi connectivity index (χ4v) is 18.3. The van der Waals surface area contributed by atoms with Crippen LogP contribution in [0.1, 0.15) is 122 Å². The second-order valence-corrected chi connectivity index (χ2v) is 34.4. The fourth-order valence-electron chi connectivity index (χ4n) is 17.3. The Balaban J connectivity index is 0.000000141. The number of amides is 6. The molecule has 6 aliphatic heterocycles. The van der Waals surface area contributed by atoms with Crippen LogP contribution in [0.15, 0.2) is 189 Å². The van der Waals surface area contributed by atoms with Crippen molar-refractivity contribution in [3.05, 3.63) is 288 Å². The third kappa shape index (κ3) is 19.6. The molecular formula is C98H104Cl3N19O8. The molecule has 3 fully saturated rings. The molecule has 6 aliphatic rings. The lowest BCUT2D eigenvalue weighted by Crippen LogP contribution is -2.46. The number of rotatable bonds is 21. The largest absolute Gasteiger partial charge is 0.496 e. The second-order valence-electron chi connectivity index (χ2n) is 33.1. The Morgan fingerprint density at radius 1 is 0.367 bits per heavy atom. The van der Waals surface area contributed by atoms with Gasteiger partial charge in [0.25, 0.3) is 0 Å². The molecule has 0 saturated carbocycles. The summed E-state index contributed by atoms with van der Waals surface area (Å²) in [7, 11) is 14.7. The first-order valence-corrected chi connectivity index (χ1v) is 44.1. The number of halogens is 3. The molecule has 0 aliphatic carbocycles. The van der Waals surface area contributed by atoms with Crippen LogP contribution in [-0.2, 0) is 45.4 Å². The molecule has 0 unspecified atom stereocenters. The maximum absolute atomic E-state index is 14.2. The van der Waals surface area contributed by atoms with E-state index in [-0.39, 0.29) is 31.2 Å². The van der Waals surface area contributed by atoms with Crippen molar-refractivity contribution >= 4 is 105 Å². The van der Waals surface area contributed by atoms with Gasteiger partial charge in [0.05, 0.1) is 106 Å². The van der Waals surface area contributed by atoms with Crippen LogP contribution in [0.25, 0.3) is 0 Å². The van der Waals surface area contributed by atoms with Crippen LogP contribution in [-0.4, -0.2) is 192 Å². The SMILES string of the molecule is COc1ccc(N2C(=O)N(c3c(C)cccc3Cl)Cc3cnc(Cc4ccc(C5CCN(C)CC5)c(OC)c4)nc32)nc1.COc1ccc(N2C(=O)N(c3c(C)cccc3Cl)Cc3cnc(Cc4ccc(C5CCN(C)CC5)cc4OC)nc32)nc1.COc1ccc(N2C(=O)N(c3c(C)cccc3Cl)Cc3cnc(Cc4ccc(CN5CCN(C)CC5)cc4)nc32)nc1. The van der Waals surface area contributed by atoms with E-state index in [0.717, 1.165) is 146 Å². The van der Waals surface area contributed by atoms with Crippen molar-refractivity contribution in [3.8, 4) is 28.7 Å². The van der Waals surface area contributed by atoms with E-state index >= 15 is 0 Å². The molecule has 0 atom stereocenters. The maximum atomic E-state index is 14.2. The molecule has 30 heteroatoms. The van der Waals surface area contributed by atoms with Gasteiger partial charge in [0, 0.05) is 92.8 Å². The molecule has 18 rings (SSSR count). The van der Waals surface area contributed by atoms with Crippen molar-refractivity contribution in [3.63, 3.8) is 0 Å². The lowest BCUT2D eigenvalue weighted by atomic mass is 9.88. The van der Waals surface area contributed by atoms with Crippen LogP contribution in [0, 0.1) is 20.8 Å². The Morgan fingerprint density at radius 3 is 1.14 bits per heavy atom. The fraction of sp³-hybridized carbons (Fsp3) is 0.327. The number of piperidine rings is 2. The number of methoxy groups -OCH3 is 5. The number of para-hydroxylation sites is 3. The Morgan fingerprint density at radius 2 is 0.750 bits per heavy atom. The summed E-state index contributed by atoms with van der Waals surface area (Å²) in [5.74, 6) is 9.14. The van der Waals surface area contributed by atoms with Gasteiger partial charge in [-0.2, -0.15) is 0 Å². The average Bonchev–Trinajstić information content (AvgIpc) is 0.759. The molecule has 0 bridgehead atoms. The van der Waals surface area contributed by atoms with Crippen molar-refractivity contribution in [2.24, 2.45) is 0 Å².